The van der Waals surface area contributed by atoms with Gasteiger partial charge in [0.05, 0.1) is 11.9 Å². The van der Waals surface area contributed by atoms with Crippen molar-refractivity contribution in [1.82, 2.24) is 10.3 Å². The second-order valence-corrected chi connectivity index (χ2v) is 5.44. The summed E-state index contributed by atoms with van der Waals surface area (Å²) in [4.78, 5) is 27.8. The van der Waals surface area contributed by atoms with Crippen molar-refractivity contribution in [2.24, 2.45) is 5.92 Å². The highest BCUT2D eigenvalue weighted by Crippen LogP contribution is 2.16. The summed E-state index contributed by atoms with van der Waals surface area (Å²) in [5.41, 5.74) is 1.57. The van der Waals surface area contributed by atoms with Gasteiger partial charge in [0.25, 0.3) is 0 Å². The second kappa shape index (κ2) is 7.02. The highest BCUT2D eigenvalue weighted by Gasteiger charge is 2.25. The summed E-state index contributed by atoms with van der Waals surface area (Å²) in [5.74, 6) is -1.42. The van der Waals surface area contributed by atoms with Crippen LogP contribution in [0.15, 0.2) is 36.5 Å². The van der Waals surface area contributed by atoms with Crippen LogP contribution >= 0.6 is 0 Å². The van der Waals surface area contributed by atoms with Crippen LogP contribution in [0.3, 0.4) is 0 Å². The molecule has 1 amide bonds. The van der Waals surface area contributed by atoms with E-state index >= 15 is 0 Å². The molecule has 1 aromatic carbocycles. The Hall–Kier alpha value is -2.43. The molecule has 2 atom stereocenters. The van der Waals surface area contributed by atoms with Crippen molar-refractivity contribution >= 4 is 22.8 Å². The van der Waals surface area contributed by atoms with Gasteiger partial charge in [-0.15, -0.1) is 0 Å². The van der Waals surface area contributed by atoms with Gasteiger partial charge < -0.3 is 10.4 Å². The Balaban J connectivity index is 2.15. The number of para-hydroxylation sites is 1. The van der Waals surface area contributed by atoms with Crippen molar-refractivity contribution in [2.75, 3.05) is 0 Å². The van der Waals surface area contributed by atoms with Gasteiger partial charge in [0.1, 0.15) is 6.04 Å². The lowest BCUT2D eigenvalue weighted by Gasteiger charge is -2.20. The van der Waals surface area contributed by atoms with Crippen LogP contribution in [0.25, 0.3) is 10.9 Å². The lowest BCUT2D eigenvalue weighted by molar-refractivity contribution is -0.143. The van der Waals surface area contributed by atoms with Gasteiger partial charge in [-0.25, -0.2) is 4.79 Å². The van der Waals surface area contributed by atoms with E-state index in [2.05, 4.69) is 10.3 Å². The van der Waals surface area contributed by atoms with Crippen molar-refractivity contribution in [1.29, 1.82) is 0 Å². The van der Waals surface area contributed by atoms with Gasteiger partial charge in [0.15, 0.2) is 0 Å². The summed E-state index contributed by atoms with van der Waals surface area (Å²) in [5, 5.41) is 12.8. The summed E-state index contributed by atoms with van der Waals surface area (Å²) >= 11 is 0. The zero-order valence-corrected chi connectivity index (χ0v) is 12.7. The minimum Gasteiger partial charge on any atom is -0.480 e. The number of nitrogens with one attached hydrogen (secondary N) is 1. The van der Waals surface area contributed by atoms with E-state index in [1.54, 1.807) is 6.20 Å². The number of aromatic nitrogens is 1. The van der Waals surface area contributed by atoms with Gasteiger partial charge >= 0.3 is 5.97 Å². The van der Waals surface area contributed by atoms with Crippen LogP contribution in [0.5, 0.6) is 0 Å². The predicted molar refractivity (Wildman–Crippen MR) is 84.5 cm³/mol. The Bertz CT molecular complexity index is 679. The molecule has 116 valence electrons. The molecule has 22 heavy (non-hydrogen) atoms. The number of carboxylic acid groups (broad SMARTS) is 1. The number of amides is 1. The molecule has 0 aliphatic heterocycles. The number of pyridine rings is 1. The van der Waals surface area contributed by atoms with Crippen LogP contribution in [0, 0.1) is 5.92 Å². The monoisotopic (exact) mass is 300 g/mol. The minimum absolute atomic E-state index is 0.118. The molecule has 1 aromatic heterocycles. The van der Waals surface area contributed by atoms with Crippen LogP contribution in [-0.2, 0) is 16.0 Å². The van der Waals surface area contributed by atoms with E-state index < -0.39 is 12.0 Å². The second-order valence-electron chi connectivity index (χ2n) is 5.44. The number of fused-ring (bicyclic) bond motifs is 1. The molecule has 1 heterocycles. The van der Waals surface area contributed by atoms with Crippen LogP contribution in [0.1, 0.15) is 25.8 Å². The summed E-state index contributed by atoms with van der Waals surface area (Å²) in [6.45, 7) is 3.72. The van der Waals surface area contributed by atoms with E-state index in [1.165, 1.54) is 0 Å². The summed E-state index contributed by atoms with van der Waals surface area (Å²) < 4.78 is 0. The molecule has 2 aromatic rings. The van der Waals surface area contributed by atoms with Crippen molar-refractivity contribution in [3.05, 3.63) is 42.1 Å². The van der Waals surface area contributed by atoms with Crippen LogP contribution < -0.4 is 5.32 Å². The molecule has 5 nitrogen and oxygen atoms in total. The molecule has 0 fully saturated rings. The van der Waals surface area contributed by atoms with Gasteiger partial charge in [-0.05, 0) is 17.5 Å². The topological polar surface area (TPSA) is 79.3 Å². The minimum atomic E-state index is -1.00. The zero-order chi connectivity index (χ0) is 16.1. The maximum atomic E-state index is 12.2. The molecule has 0 aliphatic carbocycles. The van der Waals surface area contributed by atoms with Gasteiger partial charge in [-0.2, -0.15) is 0 Å². The van der Waals surface area contributed by atoms with Crippen molar-refractivity contribution in [2.45, 2.75) is 32.7 Å². The Labute approximate surface area is 129 Å². The number of hydrogen-bond donors (Lipinski definition) is 2. The number of benzene rings is 1. The first kappa shape index (κ1) is 15.9. The molecule has 2 unspecified atom stereocenters. The average Bonchev–Trinajstić information content (AvgIpc) is 2.52. The van der Waals surface area contributed by atoms with Gasteiger partial charge in [-0.1, -0.05) is 44.5 Å². The van der Waals surface area contributed by atoms with Crippen molar-refractivity contribution < 1.29 is 14.7 Å². The molecule has 2 N–H and O–H groups in total. The Morgan fingerprint density at radius 3 is 2.68 bits per heavy atom. The number of carboxylic acids is 1. The first-order valence-corrected chi connectivity index (χ1v) is 7.37. The smallest absolute Gasteiger partial charge is 0.326 e. The maximum Gasteiger partial charge on any atom is 0.326 e. The third-order valence-corrected chi connectivity index (χ3v) is 3.86. The Morgan fingerprint density at radius 2 is 2.00 bits per heavy atom. The fraction of sp³-hybridized carbons (Fsp3) is 0.353. The van der Waals surface area contributed by atoms with Gasteiger partial charge in [-0.3, -0.25) is 9.78 Å². The molecule has 0 saturated carbocycles. The summed E-state index contributed by atoms with van der Waals surface area (Å²) in [7, 11) is 0. The third-order valence-electron chi connectivity index (χ3n) is 3.86. The number of hydrogen-bond acceptors (Lipinski definition) is 3. The number of nitrogens with zero attached hydrogens (tertiary/aromatic N) is 1. The van der Waals surface area contributed by atoms with E-state index in [0.29, 0.717) is 6.42 Å². The number of carbonyl (C=O) groups excluding carboxylic acids is 1. The fourth-order valence-corrected chi connectivity index (χ4v) is 2.39. The average molecular weight is 300 g/mol. The molecule has 0 bridgehead atoms. The molecular formula is C17H20N2O3. The van der Waals surface area contributed by atoms with Crippen LogP contribution in [-0.4, -0.2) is 28.0 Å². The number of carbonyl (C=O) groups is 2. The third kappa shape index (κ3) is 3.61. The van der Waals surface area contributed by atoms with E-state index in [9.17, 15) is 14.7 Å². The van der Waals surface area contributed by atoms with Gasteiger partial charge in [0.2, 0.25) is 5.91 Å². The lowest BCUT2D eigenvalue weighted by Crippen LogP contribution is -2.45. The zero-order valence-electron chi connectivity index (χ0n) is 12.7. The molecule has 0 saturated heterocycles. The molecule has 2 rings (SSSR count). The highest BCUT2D eigenvalue weighted by atomic mass is 16.4. The standard InChI is InChI=1S/C17H20N2O3/c1-3-11(2)15(17(21)22)19-14(20)10-13-7-4-6-12-8-5-9-18-16(12)13/h4-9,11,15H,3,10H2,1-2H3,(H,19,20)(H,21,22). The molecule has 0 aliphatic rings. The van der Waals surface area contributed by atoms with E-state index in [1.807, 2.05) is 44.2 Å². The van der Waals surface area contributed by atoms with Crippen molar-refractivity contribution in [3.8, 4) is 0 Å². The van der Waals surface area contributed by atoms with E-state index in [4.69, 9.17) is 0 Å². The quantitative estimate of drug-likeness (QED) is 0.858. The Morgan fingerprint density at radius 1 is 1.27 bits per heavy atom. The molecule has 0 radical (unpaired) electrons. The first-order valence-electron chi connectivity index (χ1n) is 7.37. The van der Waals surface area contributed by atoms with Crippen molar-refractivity contribution in [3.63, 3.8) is 0 Å². The summed E-state index contributed by atoms with van der Waals surface area (Å²) in [6.07, 6.45) is 2.49. The number of aliphatic carboxylic acids is 1. The molecule has 0 spiro atoms. The number of rotatable bonds is 6. The van der Waals surface area contributed by atoms with E-state index in [-0.39, 0.29) is 18.2 Å². The summed E-state index contributed by atoms with van der Waals surface area (Å²) in [6, 6.07) is 8.56. The molecule has 5 heteroatoms. The fourth-order valence-electron chi connectivity index (χ4n) is 2.39. The highest BCUT2D eigenvalue weighted by molar-refractivity contribution is 5.89. The van der Waals surface area contributed by atoms with Crippen LogP contribution in [0.2, 0.25) is 0 Å². The predicted octanol–water partition coefficient (Wildman–Crippen LogP) is 2.39. The maximum absolute atomic E-state index is 12.2. The lowest BCUT2D eigenvalue weighted by atomic mass is 9.98. The molecular weight excluding hydrogens is 280 g/mol. The normalized spacial score (nSPS) is 13.5. The van der Waals surface area contributed by atoms with Crippen LogP contribution in [0.4, 0.5) is 0 Å². The SMILES string of the molecule is CCC(C)C(NC(=O)Cc1cccc2cccnc12)C(=O)O. The van der Waals surface area contributed by atoms with Gasteiger partial charge in [0, 0.05) is 11.6 Å². The Kier molecular flexibility index (Phi) is 5.09. The largest absolute Gasteiger partial charge is 0.480 e. The first-order chi connectivity index (χ1) is 10.5. The van der Waals surface area contributed by atoms with E-state index in [0.717, 1.165) is 16.5 Å².